The molecule has 2 aromatic rings. The second kappa shape index (κ2) is 2.52. The topological polar surface area (TPSA) is 25.8 Å². The first-order chi connectivity index (χ1) is 6.43. The molecule has 3 rings (SSSR count). The van der Waals surface area contributed by atoms with Crippen LogP contribution in [-0.4, -0.2) is 9.97 Å². The molecule has 1 aromatic carbocycles. The number of nitrogens with zero attached hydrogens (tertiary/aromatic N) is 2. The van der Waals surface area contributed by atoms with Crippen LogP contribution in [-0.2, 0) is 0 Å². The largest absolute Gasteiger partial charge is 0.253 e. The highest BCUT2D eigenvalue weighted by atomic mass is 14.8. The van der Waals surface area contributed by atoms with Crippen LogP contribution in [0.1, 0.15) is 24.5 Å². The SMILES string of the molecule is c1ccc2nc(C3CC3)cnc2c1. The van der Waals surface area contributed by atoms with Gasteiger partial charge in [-0.1, -0.05) is 12.1 Å². The number of benzene rings is 1. The summed E-state index contributed by atoms with van der Waals surface area (Å²) in [5, 5.41) is 0. The zero-order chi connectivity index (χ0) is 8.67. The molecule has 2 nitrogen and oxygen atoms in total. The summed E-state index contributed by atoms with van der Waals surface area (Å²) >= 11 is 0. The zero-order valence-corrected chi connectivity index (χ0v) is 7.27. The van der Waals surface area contributed by atoms with Crippen molar-refractivity contribution in [3.05, 3.63) is 36.2 Å². The smallest absolute Gasteiger partial charge is 0.0890 e. The number of hydrogen-bond donors (Lipinski definition) is 0. The monoisotopic (exact) mass is 170 g/mol. The minimum atomic E-state index is 0.692. The highest BCUT2D eigenvalue weighted by Gasteiger charge is 2.25. The Labute approximate surface area is 76.6 Å². The van der Waals surface area contributed by atoms with Crippen molar-refractivity contribution >= 4 is 11.0 Å². The number of aromatic nitrogens is 2. The summed E-state index contributed by atoms with van der Waals surface area (Å²) in [6.45, 7) is 0. The predicted molar refractivity (Wildman–Crippen MR) is 51.5 cm³/mol. The number of fused-ring (bicyclic) bond motifs is 1. The van der Waals surface area contributed by atoms with E-state index >= 15 is 0 Å². The van der Waals surface area contributed by atoms with Crippen LogP contribution >= 0.6 is 0 Å². The molecule has 0 N–H and O–H groups in total. The Morgan fingerprint density at radius 3 is 2.62 bits per heavy atom. The maximum absolute atomic E-state index is 4.57. The molecule has 1 aliphatic carbocycles. The summed E-state index contributed by atoms with van der Waals surface area (Å²) in [5.74, 6) is 0.692. The molecule has 0 amide bonds. The van der Waals surface area contributed by atoms with Crippen molar-refractivity contribution in [2.75, 3.05) is 0 Å². The van der Waals surface area contributed by atoms with Gasteiger partial charge in [0.05, 0.1) is 16.7 Å². The van der Waals surface area contributed by atoms with Crippen LogP contribution in [0.5, 0.6) is 0 Å². The van der Waals surface area contributed by atoms with Crippen molar-refractivity contribution < 1.29 is 0 Å². The molecule has 0 atom stereocenters. The number of rotatable bonds is 1. The third kappa shape index (κ3) is 1.18. The summed E-state index contributed by atoms with van der Waals surface area (Å²) in [6.07, 6.45) is 4.49. The molecule has 0 bridgehead atoms. The summed E-state index contributed by atoms with van der Waals surface area (Å²) in [4.78, 5) is 8.95. The first-order valence-electron chi connectivity index (χ1n) is 4.65. The number of para-hydroxylation sites is 2. The minimum Gasteiger partial charge on any atom is -0.253 e. The van der Waals surface area contributed by atoms with Crippen molar-refractivity contribution in [1.29, 1.82) is 0 Å². The standard InChI is InChI=1S/C11H10N2/c1-2-4-10-9(3-1)12-7-11(13-10)8-5-6-8/h1-4,7-8H,5-6H2. The molecule has 1 aliphatic rings. The van der Waals surface area contributed by atoms with E-state index in [1.807, 2.05) is 30.5 Å². The number of hydrogen-bond acceptors (Lipinski definition) is 2. The second-order valence-electron chi connectivity index (χ2n) is 3.56. The lowest BCUT2D eigenvalue weighted by Gasteiger charge is -1.98. The van der Waals surface area contributed by atoms with Crippen LogP contribution in [0.15, 0.2) is 30.5 Å². The van der Waals surface area contributed by atoms with Gasteiger partial charge in [0.1, 0.15) is 0 Å². The van der Waals surface area contributed by atoms with E-state index in [1.165, 1.54) is 18.5 Å². The van der Waals surface area contributed by atoms with Crippen LogP contribution in [0.2, 0.25) is 0 Å². The van der Waals surface area contributed by atoms with Crippen molar-refractivity contribution in [1.82, 2.24) is 9.97 Å². The van der Waals surface area contributed by atoms with E-state index in [2.05, 4.69) is 9.97 Å². The Balaban J connectivity index is 2.21. The van der Waals surface area contributed by atoms with Gasteiger partial charge in [0.25, 0.3) is 0 Å². The van der Waals surface area contributed by atoms with Crippen molar-refractivity contribution in [2.24, 2.45) is 0 Å². The van der Waals surface area contributed by atoms with Crippen LogP contribution in [0.3, 0.4) is 0 Å². The molecule has 1 heterocycles. The van der Waals surface area contributed by atoms with E-state index < -0.39 is 0 Å². The van der Waals surface area contributed by atoms with Gasteiger partial charge in [-0.25, -0.2) is 4.98 Å². The van der Waals surface area contributed by atoms with Crippen LogP contribution in [0.25, 0.3) is 11.0 Å². The second-order valence-corrected chi connectivity index (χ2v) is 3.56. The third-order valence-electron chi connectivity index (χ3n) is 2.46. The summed E-state index contributed by atoms with van der Waals surface area (Å²) in [5.41, 5.74) is 3.18. The first-order valence-corrected chi connectivity index (χ1v) is 4.65. The van der Waals surface area contributed by atoms with Crippen molar-refractivity contribution in [3.8, 4) is 0 Å². The summed E-state index contributed by atoms with van der Waals surface area (Å²) in [7, 11) is 0. The van der Waals surface area contributed by atoms with Crippen LogP contribution in [0, 0.1) is 0 Å². The third-order valence-corrected chi connectivity index (χ3v) is 2.46. The van der Waals surface area contributed by atoms with E-state index in [0.717, 1.165) is 11.0 Å². The normalized spacial score (nSPS) is 16.3. The zero-order valence-electron chi connectivity index (χ0n) is 7.27. The molecule has 0 spiro atoms. The summed E-state index contributed by atoms with van der Waals surface area (Å²) in [6, 6.07) is 8.02. The molecule has 0 unspecified atom stereocenters. The van der Waals surface area contributed by atoms with Gasteiger partial charge in [0, 0.05) is 12.1 Å². The lowest BCUT2D eigenvalue weighted by molar-refractivity contribution is 1.02. The Morgan fingerprint density at radius 2 is 1.85 bits per heavy atom. The molecule has 64 valence electrons. The lowest BCUT2D eigenvalue weighted by atomic mass is 10.2. The lowest BCUT2D eigenvalue weighted by Crippen LogP contribution is -1.89. The van der Waals surface area contributed by atoms with Gasteiger partial charge >= 0.3 is 0 Å². The Bertz CT molecular complexity index is 447. The van der Waals surface area contributed by atoms with Gasteiger partial charge in [-0.2, -0.15) is 0 Å². The van der Waals surface area contributed by atoms with Crippen molar-refractivity contribution in [2.45, 2.75) is 18.8 Å². The Hall–Kier alpha value is -1.44. The fourth-order valence-corrected chi connectivity index (χ4v) is 1.55. The van der Waals surface area contributed by atoms with Crippen molar-refractivity contribution in [3.63, 3.8) is 0 Å². The molecule has 0 radical (unpaired) electrons. The maximum atomic E-state index is 4.57. The fourth-order valence-electron chi connectivity index (χ4n) is 1.55. The average molecular weight is 170 g/mol. The van der Waals surface area contributed by atoms with E-state index in [1.54, 1.807) is 0 Å². The molecule has 13 heavy (non-hydrogen) atoms. The first kappa shape index (κ1) is 7.01. The molecule has 1 saturated carbocycles. The molecule has 1 aromatic heterocycles. The molecule has 1 fully saturated rings. The van der Waals surface area contributed by atoms with Crippen LogP contribution in [0.4, 0.5) is 0 Å². The Kier molecular flexibility index (Phi) is 1.36. The highest BCUT2D eigenvalue weighted by molar-refractivity contribution is 5.73. The summed E-state index contributed by atoms with van der Waals surface area (Å²) < 4.78 is 0. The van der Waals surface area contributed by atoms with Gasteiger partial charge in [-0.3, -0.25) is 4.98 Å². The molecular formula is C11H10N2. The van der Waals surface area contributed by atoms with Gasteiger partial charge in [0.2, 0.25) is 0 Å². The van der Waals surface area contributed by atoms with Gasteiger partial charge in [-0.15, -0.1) is 0 Å². The average Bonchev–Trinajstić information content (AvgIpc) is 3.00. The minimum absolute atomic E-state index is 0.692. The van der Waals surface area contributed by atoms with E-state index in [-0.39, 0.29) is 0 Å². The van der Waals surface area contributed by atoms with Crippen LogP contribution < -0.4 is 0 Å². The van der Waals surface area contributed by atoms with E-state index in [0.29, 0.717) is 5.92 Å². The van der Waals surface area contributed by atoms with Gasteiger partial charge in [-0.05, 0) is 25.0 Å². The quantitative estimate of drug-likeness (QED) is 0.657. The van der Waals surface area contributed by atoms with Gasteiger partial charge < -0.3 is 0 Å². The highest BCUT2D eigenvalue weighted by Crippen LogP contribution is 2.38. The molecule has 2 heteroatoms. The van der Waals surface area contributed by atoms with E-state index in [4.69, 9.17) is 0 Å². The van der Waals surface area contributed by atoms with E-state index in [9.17, 15) is 0 Å². The van der Waals surface area contributed by atoms with Gasteiger partial charge in [0.15, 0.2) is 0 Å². The Morgan fingerprint density at radius 1 is 1.08 bits per heavy atom. The maximum Gasteiger partial charge on any atom is 0.0890 e. The molecule has 0 saturated heterocycles. The molecular weight excluding hydrogens is 160 g/mol. The fraction of sp³-hybridized carbons (Fsp3) is 0.273. The molecule has 0 aliphatic heterocycles. The predicted octanol–water partition coefficient (Wildman–Crippen LogP) is 2.51.